The first-order chi connectivity index (χ1) is 14.6. The largest absolute Gasteiger partial charge is 0.484 e. The molecule has 0 aliphatic carbocycles. The summed E-state index contributed by atoms with van der Waals surface area (Å²) in [6.07, 6.45) is -4.74. The summed E-state index contributed by atoms with van der Waals surface area (Å²) in [5.41, 5.74) is -1.41. The van der Waals surface area contributed by atoms with Crippen molar-refractivity contribution in [2.45, 2.75) is 18.7 Å². The van der Waals surface area contributed by atoms with Gasteiger partial charge in [0, 0.05) is 25.4 Å². The van der Waals surface area contributed by atoms with Crippen LogP contribution in [-0.2, 0) is 11.0 Å². The summed E-state index contributed by atoms with van der Waals surface area (Å²) in [5.74, 6) is -2.00. The Bertz CT molecular complexity index is 927. The molecule has 0 saturated heterocycles. The second-order valence-corrected chi connectivity index (χ2v) is 6.70. The molecule has 0 spiro atoms. The normalized spacial score (nSPS) is 12.2. The van der Waals surface area contributed by atoms with E-state index >= 15 is 0 Å². The number of nitrogens with one attached hydrogen (secondary N) is 2. The lowest BCUT2D eigenvalue weighted by atomic mass is 10.2. The standard InChI is InChI=1S/C19H18ClF4N3O4/c20-14-2-1-13(8-15(14)21)31-10-17(29)27-9-12(28)4-6-26-18(30)16-7-11(3-5-25-16)19(22,23)24/h1-3,5,7-8,12,28H,4,6,9-10H2,(H,26,30)(H,27,29). The predicted octanol–water partition coefficient (Wildman–Crippen LogP) is 2.57. The monoisotopic (exact) mass is 463 g/mol. The fourth-order valence-electron chi connectivity index (χ4n) is 2.27. The fraction of sp³-hybridized carbons (Fsp3) is 0.316. The molecule has 7 nitrogen and oxygen atoms in total. The number of pyridine rings is 1. The van der Waals surface area contributed by atoms with Gasteiger partial charge in [0.25, 0.3) is 11.8 Å². The zero-order chi connectivity index (χ0) is 23.0. The summed E-state index contributed by atoms with van der Waals surface area (Å²) in [6.45, 7) is -0.644. The Morgan fingerprint density at radius 2 is 1.94 bits per heavy atom. The van der Waals surface area contributed by atoms with E-state index in [1.807, 2.05) is 0 Å². The van der Waals surface area contributed by atoms with Crippen LogP contribution in [0.1, 0.15) is 22.5 Å². The van der Waals surface area contributed by atoms with Crippen LogP contribution in [0.4, 0.5) is 17.6 Å². The van der Waals surface area contributed by atoms with E-state index in [1.54, 1.807) is 0 Å². The molecule has 31 heavy (non-hydrogen) atoms. The summed E-state index contributed by atoms with van der Waals surface area (Å²) in [5, 5.41) is 14.5. The minimum absolute atomic E-state index is 0.0221. The Morgan fingerprint density at radius 1 is 1.19 bits per heavy atom. The van der Waals surface area contributed by atoms with Gasteiger partial charge in [-0.2, -0.15) is 13.2 Å². The maximum Gasteiger partial charge on any atom is 0.416 e. The predicted molar refractivity (Wildman–Crippen MR) is 102 cm³/mol. The Morgan fingerprint density at radius 3 is 2.61 bits per heavy atom. The van der Waals surface area contributed by atoms with E-state index in [-0.39, 0.29) is 30.3 Å². The van der Waals surface area contributed by atoms with Crippen LogP contribution < -0.4 is 15.4 Å². The molecule has 168 valence electrons. The SMILES string of the molecule is O=C(COc1ccc(Cl)c(F)c1)NCC(O)CCNC(=O)c1cc(C(F)(F)F)ccn1. The van der Waals surface area contributed by atoms with Crippen LogP contribution in [0, 0.1) is 5.82 Å². The van der Waals surface area contributed by atoms with E-state index in [0.717, 1.165) is 18.3 Å². The molecule has 0 aliphatic heterocycles. The third kappa shape index (κ3) is 8.02. The van der Waals surface area contributed by atoms with Crippen molar-refractivity contribution in [2.75, 3.05) is 19.7 Å². The van der Waals surface area contributed by atoms with Crippen molar-refractivity contribution in [3.8, 4) is 5.75 Å². The Kier molecular flexibility index (Phi) is 8.57. The molecule has 1 atom stereocenters. The highest BCUT2D eigenvalue weighted by Gasteiger charge is 2.31. The number of alkyl halides is 3. The van der Waals surface area contributed by atoms with E-state index in [2.05, 4.69) is 15.6 Å². The van der Waals surface area contributed by atoms with Crippen LogP contribution in [0.3, 0.4) is 0 Å². The number of amides is 2. The lowest BCUT2D eigenvalue weighted by Gasteiger charge is -2.13. The smallest absolute Gasteiger partial charge is 0.416 e. The number of carbonyl (C=O) groups is 2. The first-order valence-electron chi connectivity index (χ1n) is 8.90. The van der Waals surface area contributed by atoms with Crippen molar-refractivity contribution in [3.05, 3.63) is 58.6 Å². The topological polar surface area (TPSA) is 101 Å². The molecule has 1 aromatic heterocycles. The summed E-state index contributed by atoms with van der Waals surface area (Å²) >= 11 is 5.54. The van der Waals surface area contributed by atoms with Crippen molar-refractivity contribution < 1.29 is 37.0 Å². The molecule has 2 aromatic rings. The van der Waals surface area contributed by atoms with Gasteiger partial charge in [-0.3, -0.25) is 14.6 Å². The van der Waals surface area contributed by atoms with E-state index in [9.17, 15) is 32.3 Å². The minimum atomic E-state index is -4.60. The number of benzene rings is 1. The van der Waals surface area contributed by atoms with Crippen LogP contribution in [0.2, 0.25) is 5.02 Å². The molecular weight excluding hydrogens is 446 g/mol. The number of aromatic nitrogens is 1. The number of nitrogens with zero attached hydrogens (tertiary/aromatic N) is 1. The average Bonchev–Trinajstić information content (AvgIpc) is 2.72. The molecule has 2 rings (SSSR count). The number of aliphatic hydroxyl groups is 1. The Labute approximate surface area is 179 Å². The van der Waals surface area contributed by atoms with E-state index in [1.165, 1.54) is 12.1 Å². The summed E-state index contributed by atoms with van der Waals surface area (Å²) in [7, 11) is 0. The lowest BCUT2D eigenvalue weighted by molar-refractivity contribution is -0.137. The zero-order valence-corrected chi connectivity index (χ0v) is 16.6. The van der Waals surface area contributed by atoms with Crippen LogP contribution in [0.15, 0.2) is 36.5 Å². The summed E-state index contributed by atoms with van der Waals surface area (Å²) in [6, 6.07) is 5.05. The molecule has 0 fully saturated rings. The van der Waals surface area contributed by atoms with Gasteiger partial charge in [-0.15, -0.1) is 0 Å². The third-order valence-corrected chi connectivity index (χ3v) is 4.19. The van der Waals surface area contributed by atoms with Gasteiger partial charge in [0.05, 0.1) is 16.7 Å². The van der Waals surface area contributed by atoms with Crippen LogP contribution in [0.25, 0.3) is 0 Å². The van der Waals surface area contributed by atoms with Gasteiger partial charge in [0.1, 0.15) is 17.3 Å². The van der Waals surface area contributed by atoms with E-state index in [4.69, 9.17) is 16.3 Å². The number of aliphatic hydroxyl groups excluding tert-OH is 1. The fourth-order valence-corrected chi connectivity index (χ4v) is 2.39. The van der Waals surface area contributed by atoms with E-state index in [0.29, 0.717) is 6.07 Å². The second kappa shape index (κ2) is 10.9. The molecule has 1 unspecified atom stereocenters. The highest BCUT2D eigenvalue weighted by atomic mass is 35.5. The van der Waals surface area contributed by atoms with Crippen LogP contribution in [0.5, 0.6) is 5.75 Å². The molecule has 12 heteroatoms. The minimum Gasteiger partial charge on any atom is -0.484 e. The van der Waals surface area contributed by atoms with Gasteiger partial charge < -0.3 is 20.5 Å². The number of hydrogen-bond acceptors (Lipinski definition) is 5. The molecule has 3 N–H and O–H groups in total. The number of hydrogen-bond donors (Lipinski definition) is 3. The first-order valence-corrected chi connectivity index (χ1v) is 9.28. The maximum absolute atomic E-state index is 13.3. The number of halogens is 5. The quantitative estimate of drug-likeness (QED) is 0.496. The number of carbonyl (C=O) groups excluding carboxylic acids is 2. The zero-order valence-electron chi connectivity index (χ0n) is 15.9. The van der Waals surface area contributed by atoms with Crippen molar-refractivity contribution in [3.63, 3.8) is 0 Å². The van der Waals surface area contributed by atoms with Gasteiger partial charge >= 0.3 is 6.18 Å². The van der Waals surface area contributed by atoms with Crippen molar-refractivity contribution >= 4 is 23.4 Å². The van der Waals surface area contributed by atoms with Gasteiger partial charge in [0.15, 0.2) is 6.61 Å². The molecule has 0 saturated carbocycles. The lowest BCUT2D eigenvalue weighted by Crippen LogP contribution is -2.37. The molecule has 1 heterocycles. The van der Waals surface area contributed by atoms with Crippen molar-refractivity contribution in [1.29, 1.82) is 0 Å². The van der Waals surface area contributed by atoms with Crippen LogP contribution >= 0.6 is 11.6 Å². The first kappa shape index (κ1) is 24.4. The number of ether oxygens (including phenoxy) is 1. The highest BCUT2D eigenvalue weighted by molar-refractivity contribution is 6.30. The molecular formula is C19H18ClF4N3O4. The molecule has 0 radical (unpaired) electrons. The maximum atomic E-state index is 13.3. The molecule has 0 bridgehead atoms. The third-order valence-electron chi connectivity index (χ3n) is 3.88. The second-order valence-electron chi connectivity index (χ2n) is 6.29. The average molecular weight is 464 g/mol. The molecule has 1 aromatic carbocycles. The summed E-state index contributed by atoms with van der Waals surface area (Å²) in [4.78, 5) is 27.2. The van der Waals surface area contributed by atoms with Gasteiger partial charge in [-0.05, 0) is 30.7 Å². The molecule has 0 aliphatic rings. The summed E-state index contributed by atoms with van der Waals surface area (Å²) < 4.78 is 56.4. The van der Waals surface area contributed by atoms with Gasteiger partial charge in [-0.25, -0.2) is 4.39 Å². The van der Waals surface area contributed by atoms with Crippen molar-refractivity contribution in [2.24, 2.45) is 0 Å². The molecule has 2 amide bonds. The Hall–Kier alpha value is -2.92. The van der Waals surface area contributed by atoms with Gasteiger partial charge in [-0.1, -0.05) is 11.6 Å². The van der Waals surface area contributed by atoms with Crippen LogP contribution in [-0.4, -0.2) is 47.7 Å². The van der Waals surface area contributed by atoms with E-state index < -0.39 is 47.8 Å². The van der Waals surface area contributed by atoms with Crippen molar-refractivity contribution in [1.82, 2.24) is 15.6 Å². The number of rotatable bonds is 9. The highest BCUT2D eigenvalue weighted by Crippen LogP contribution is 2.29. The Balaban J connectivity index is 1.68. The van der Waals surface area contributed by atoms with Gasteiger partial charge in [0.2, 0.25) is 0 Å².